The van der Waals surface area contributed by atoms with Gasteiger partial charge in [0.15, 0.2) is 18.2 Å². The number of phenolic OH excluding ortho intramolecular Hbond substituents is 1. The third kappa shape index (κ3) is 6.52. The molecule has 1 heterocycles. The SMILES string of the molecule is CN1COc2cc(O)ccc2OCCOCCOCC(C)(C)CO1. The number of hydroxylamine groups is 2. The van der Waals surface area contributed by atoms with Gasteiger partial charge in [0.1, 0.15) is 12.4 Å². The van der Waals surface area contributed by atoms with Crippen LogP contribution < -0.4 is 9.47 Å². The molecule has 0 radical (unpaired) electrons. The van der Waals surface area contributed by atoms with E-state index in [0.29, 0.717) is 51.1 Å². The first-order chi connectivity index (χ1) is 11.5. The highest BCUT2D eigenvalue weighted by atomic mass is 16.7. The van der Waals surface area contributed by atoms with Crippen LogP contribution >= 0.6 is 0 Å². The van der Waals surface area contributed by atoms with Crippen LogP contribution in [0.2, 0.25) is 0 Å². The van der Waals surface area contributed by atoms with Gasteiger partial charge in [0.05, 0.1) is 33.0 Å². The summed E-state index contributed by atoms with van der Waals surface area (Å²) in [5.74, 6) is 1.12. The molecule has 0 aliphatic carbocycles. The molecule has 2 rings (SSSR count). The van der Waals surface area contributed by atoms with Crippen molar-refractivity contribution in [2.45, 2.75) is 13.8 Å². The Balaban J connectivity index is 2.02. The van der Waals surface area contributed by atoms with E-state index in [4.69, 9.17) is 23.8 Å². The summed E-state index contributed by atoms with van der Waals surface area (Å²) in [6.45, 7) is 7.32. The first-order valence-corrected chi connectivity index (χ1v) is 8.04. The zero-order valence-corrected chi connectivity index (χ0v) is 14.6. The van der Waals surface area contributed by atoms with Gasteiger partial charge in [0, 0.05) is 18.5 Å². The summed E-state index contributed by atoms with van der Waals surface area (Å²) in [5.41, 5.74) is -0.120. The van der Waals surface area contributed by atoms with Gasteiger partial charge >= 0.3 is 0 Å². The Bertz CT molecular complexity index is 508. The van der Waals surface area contributed by atoms with Crippen molar-refractivity contribution in [2.24, 2.45) is 5.41 Å². The monoisotopic (exact) mass is 341 g/mol. The summed E-state index contributed by atoms with van der Waals surface area (Å²) in [6.07, 6.45) is 0. The number of benzene rings is 1. The molecule has 1 N–H and O–H groups in total. The Morgan fingerprint density at radius 2 is 1.71 bits per heavy atom. The van der Waals surface area contributed by atoms with E-state index in [0.717, 1.165) is 0 Å². The quantitative estimate of drug-likeness (QED) is 0.774. The van der Waals surface area contributed by atoms with Crippen molar-refractivity contribution in [3.8, 4) is 17.2 Å². The maximum atomic E-state index is 9.64. The van der Waals surface area contributed by atoms with E-state index in [-0.39, 0.29) is 17.9 Å². The number of fused-ring (bicyclic) bond motifs is 1. The maximum Gasteiger partial charge on any atom is 0.167 e. The summed E-state index contributed by atoms with van der Waals surface area (Å²) in [7, 11) is 1.79. The number of aromatic hydroxyl groups is 1. The summed E-state index contributed by atoms with van der Waals surface area (Å²) >= 11 is 0. The lowest BCUT2D eigenvalue weighted by Gasteiger charge is -2.27. The van der Waals surface area contributed by atoms with Gasteiger partial charge in [-0.05, 0) is 12.1 Å². The van der Waals surface area contributed by atoms with Gasteiger partial charge in [-0.3, -0.25) is 4.84 Å². The van der Waals surface area contributed by atoms with Gasteiger partial charge < -0.3 is 24.1 Å². The predicted molar refractivity (Wildman–Crippen MR) is 88.2 cm³/mol. The van der Waals surface area contributed by atoms with Gasteiger partial charge in [0.2, 0.25) is 0 Å². The molecule has 0 saturated heterocycles. The van der Waals surface area contributed by atoms with Crippen molar-refractivity contribution < 1.29 is 28.9 Å². The van der Waals surface area contributed by atoms with Gasteiger partial charge in [-0.1, -0.05) is 13.8 Å². The van der Waals surface area contributed by atoms with E-state index in [1.54, 1.807) is 24.2 Å². The van der Waals surface area contributed by atoms with Gasteiger partial charge in [-0.15, -0.1) is 0 Å². The second kappa shape index (κ2) is 9.08. The zero-order chi connectivity index (χ0) is 17.4. The number of hydrogen-bond donors (Lipinski definition) is 1. The van der Waals surface area contributed by atoms with Crippen LogP contribution in [-0.4, -0.2) is 63.6 Å². The van der Waals surface area contributed by atoms with Gasteiger partial charge in [-0.25, -0.2) is 0 Å². The van der Waals surface area contributed by atoms with Crippen molar-refractivity contribution in [2.75, 3.05) is 53.4 Å². The molecule has 1 aromatic rings. The van der Waals surface area contributed by atoms with Crippen molar-refractivity contribution in [3.63, 3.8) is 0 Å². The van der Waals surface area contributed by atoms with Crippen LogP contribution in [0.4, 0.5) is 0 Å². The van der Waals surface area contributed by atoms with Crippen LogP contribution in [0.15, 0.2) is 18.2 Å². The molecule has 1 aliphatic heterocycles. The summed E-state index contributed by atoms with van der Waals surface area (Å²) in [6, 6.07) is 4.74. The Morgan fingerprint density at radius 3 is 2.54 bits per heavy atom. The molecular weight excluding hydrogens is 314 g/mol. The molecule has 0 fully saturated rings. The fraction of sp³-hybridized carbons (Fsp3) is 0.647. The number of nitrogens with zero attached hydrogens (tertiary/aromatic N) is 1. The van der Waals surface area contributed by atoms with E-state index in [9.17, 15) is 5.11 Å². The smallest absolute Gasteiger partial charge is 0.167 e. The molecule has 7 heteroatoms. The van der Waals surface area contributed by atoms with Crippen molar-refractivity contribution >= 4 is 0 Å². The summed E-state index contributed by atoms with van der Waals surface area (Å²) in [5, 5.41) is 11.2. The lowest BCUT2D eigenvalue weighted by molar-refractivity contribution is -0.197. The Hall–Kier alpha value is -1.54. The second-order valence-corrected chi connectivity index (χ2v) is 6.48. The molecule has 0 atom stereocenters. The minimum atomic E-state index is -0.120. The molecular formula is C17H27NO6. The second-order valence-electron chi connectivity index (χ2n) is 6.48. The molecule has 0 bridgehead atoms. The van der Waals surface area contributed by atoms with Crippen molar-refractivity contribution in [1.29, 1.82) is 0 Å². The average molecular weight is 341 g/mol. The standard InChI is InChI=1S/C17H27NO6/c1-17(2)11-21-7-6-20-8-9-22-15-5-4-14(19)10-16(15)23-13-18(3)24-12-17/h4-5,10,19H,6-9,11-13H2,1-3H3. The van der Waals surface area contributed by atoms with Crippen LogP contribution in [-0.2, 0) is 14.3 Å². The molecule has 1 aromatic carbocycles. The molecule has 0 unspecified atom stereocenters. The van der Waals surface area contributed by atoms with E-state index >= 15 is 0 Å². The lowest BCUT2D eigenvalue weighted by atomic mass is 9.96. The van der Waals surface area contributed by atoms with Crippen LogP contribution in [0.25, 0.3) is 0 Å². The lowest BCUT2D eigenvalue weighted by Crippen LogP contribution is -2.33. The Morgan fingerprint density at radius 1 is 0.958 bits per heavy atom. The fourth-order valence-electron chi connectivity index (χ4n) is 2.03. The molecule has 0 aromatic heterocycles. The average Bonchev–Trinajstić information content (AvgIpc) is 2.54. The minimum Gasteiger partial charge on any atom is -0.508 e. The molecule has 0 saturated carbocycles. The van der Waals surface area contributed by atoms with Crippen LogP contribution in [0.5, 0.6) is 17.2 Å². The third-order valence-corrected chi connectivity index (χ3v) is 3.35. The maximum absolute atomic E-state index is 9.64. The van der Waals surface area contributed by atoms with Gasteiger partial charge in [-0.2, -0.15) is 5.06 Å². The third-order valence-electron chi connectivity index (χ3n) is 3.35. The first-order valence-electron chi connectivity index (χ1n) is 8.04. The molecule has 0 spiro atoms. The summed E-state index contributed by atoms with van der Waals surface area (Å²) < 4.78 is 22.5. The summed E-state index contributed by atoms with van der Waals surface area (Å²) in [4.78, 5) is 5.70. The topological polar surface area (TPSA) is 69.6 Å². The number of rotatable bonds is 0. The molecule has 24 heavy (non-hydrogen) atoms. The molecule has 7 nitrogen and oxygen atoms in total. The van der Waals surface area contributed by atoms with Crippen LogP contribution in [0.3, 0.4) is 0 Å². The number of ether oxygens (including phenoxy) is 4. The Kier molecular flexibility index (Phi) is 7.11. The van der Waals surface area contributed by atoms with E-state index < -0.39 is 0 Å². The predicted octanol–water partition coefficient (Wildman–Crippen LogP) is 2.04. The molecule has 0 amide bonds. The highest BCUT2D eigenvalue weighted by molar-refractivity contribution is 5.45. The van der Waals surface area contributed by atoms with Gasteiger partial charge in [0.25, 0.3) is 0 Å². The van der Waals surface area contributed by atoms with E-state index in [1.165, 1.54) is 6.07 Å². The van der Waals surface area contributed by atoms with E-state index in [1.807, 2.05) is 0 Å². The van der Waals surface area contributed by atoms with Crippen LogP contribution in [0.1, 0.15) is 13.8 Å². The number of hydrogen-bond acceptors (Lipinski definition) is 7. The normalized spacial score (nSPS) is 21.3. The molecule has 136 valence electrons. The zero-order valence-electron chi connectivity index (χ0n) is 14.6. The van der Waals surface area contributed by atoms with Crippen molar-refractivity contribution in [3.05, 3.63) is 18.2 Å². The highest BCUT2D eigenvalue weighted by Gasteiger charge is 2.20. The molecule has 1 aliphatic rings. The number of phenols is 1. The largest absolute Gasteiger partial charge is 0.508 e. The van der Waals surface area contributed by atoms with E-state index in [2.05, 4.69) is 13.8 Å². The highest BCUT2D eigenvalue weighted by Crippen LogP contribution is 2.31. The minimum absolute atomic E-state index is 0.116. The Labute approximate surface area is 143 Å². The van der Waals surface area contributed by atoms with Crippen molar-refractivity contribution in [1.82, 2.24) is 5.06 Å². The fourth-order valence-corrected chi connectivity index (χ4v) is 2.03. The first kappa shape index (κ1) is 18.8. The van der Waals surface area contributed by atoms with Crippen LogP contribution in [0, 0.1) is 5.41 Å².